The number of rotatable bonds is 4. The fraction of sp³-hybridized carbons (Fsp3) is 0.158. The molecule has 0 spiro atoms. The molecule has 1 amide bonds. The summed E-state index contributed by atoms with van der Waals surface area (Å²) >= 11 is 0. The van der Waals surface area contributed by atoms with Crippen LogP contribution in [0.15, 0.2) is 59.3 Å². The van der Waals surface area contributed by atoms with Crippen LogP contribution >= 0.6 is 0 Å². The van der Waals surface area contributed by atoms with Crippen molar-refractivity contribution in [3.8, 4) is 11.5 Å². The molecule has 116 valence electrons. The summed E-state index contributed by atoms with van der Waals surface area (Å²) in [5.74, 6) is 0.652. The highest BCUT2D eigenvalue weighted by atomic mass is 16.3. The third kappa shape index (κ3) is 3.48. The van der Waals surface area contributed by atoms with E-state index in [-0.39, 0.29) is 5.91 Å². The highest BCUT2D eigenvalue weighted by molar-refractivity contribution is 5.94. The molecule has 0 fully saturated rings. The lowest BCUT2D eigenvalue weighted by atomic mass is 10.1. The SMILES string of the molecule is Cc1ccc(C(=O)NCc2ccc(-c3ccco3)nc2)cc1C. The monoisotopic (exact) mass is 306 g/mol. The molecular formula is C19H18N2O2. The summed E-state index contributed by atoms with van der Waals surface area (Å²) in [6.07, 6.45) is 3.37. The Kier molecular flexibility index (Phi) is 4.24. The average Bonchev–Trinajstić information content (AvgIpc) is 3.10. The van der Waals surface area contributed by atoms with Gasteiger partial charge in [0.25, 0.3) is 5.91 Å². The number of amides is 1. The van der Waals surface area contributed by atoms with Crippen LogP contribution in [0.5, 0.6) is 0 Å². The van der Waals surface area contributed by atoms with Gasteiger partial charge in [-0.1, -0.05) is 12.1 Å². The van der Waals surface area contributed by atoms with Crippen molar-refractivity contribution < 1.29 is 9.21 Å². The van der Waals surface area contributed by atoms with E-state index < -0.39 is 0 Å². The Morgan fingerprint density at radius 1 is 1.13 bits per heavy atom. The normalized spacial score (nSPS) is 10.5. The molecule has 1 aromatic carbocycles. The Labute approximate surface area is 135 Å². The molecular weight excluding hydrogens is 288 g/mol. The summed E-state index contributed by atoms with van der Waals surface area (Å²) in [4.78, 5) is 16.5. The Morgan fingerprint density at radius 2 is 2.00 bits per heavy atom. The molecule has 0 atom stereocenters. The van der Waals surface area contributed by atoms with Crippen LogP contribution in [0, 0.1) is 13.8 Å². The van der Waals surface area contributed by atoms with Gasteiger partial charge in [0.2, 0.25) is 0 Å². The zero-order chi connectivity index (χ0) is 16.2. The second kappa shape index (κ2) is 6.48. The van der Waals surface area contributed by atoms with E-state index in [2.05, 4.69) is 10.3 Å². The van der Waals surface area contributed by atoms with Gasteiger partial charge >= 0.3 is 0 Å². The first-order valence-electron chi connectivity index (χ1n) is 7.48. The molecule has 23 heavy (non-hydrogen) atoms. The van der Waals surface area contributed by atoms with Gasteiger partial charge in [0.05, 0.1) is 6.26 Å². The van der Waals surface area contributed by atoms with Gasteiger partial charge in [0, 0.05) is 18.3 Å². The minimum Gasteiger partial charge on any atom is -0.463 e. The Balaban J connectivity index is 1.63. The Hall–Kier alpha value is -2.88. The number of furan rings is 1. The fourth-order valence-corrected chi connectivity index (χ4v) is 2.27. The largest absolute Gasteiger partial charge is 0.463 e. The molecule has 2 heterocycles. The molecule has 3 rings (SSSR count). The predicted octanol–water partition coefficient (Wildman–Crippen LogP) is 3.89. The highest BCUT2D eigenvalue weighted by Crippen LogP contribution is 2.17. The van der Waals surface area contributed by atoms with E-state index in [4.69, 9.17) is 4.42 Å². The zero-order valence-electron chi connectivity index (χ0n) is 13.2. The van der Waals surface area contributed by atoms with E-state index in [0.29, 0.717) is 12.1 Å². The van der Waals surface area contributed by atoms with Crippen molar-refractivity contribution in [2.45, 2.75) is 20.4 Å². The molecule has 0 aliphatic heterocycles. The summed E-state index contributed by atoms with van der Waals surface area (Å²) in [6, 6.07) is 13.2. The molecule has 1 N–H and O–H groups in total. The van der Waals surface area contributed by atoms with Crippen molar-refractivity contribution in [2.24, 2.45) is 0 Å². The summed E-state index contributed by atoms with van der Waals surface area (Å²) in [7, 11) is 0. The zero-order valence-corrected chi connectivity index (χ0v) is 13.2. The van der Waals surface area contributed by atoms with Crippen LogP contribution in [0.2, 0.25) is 0 Å². The third-order valence-electron chi connectivity index (χ3n) is 3.82. The van der Waals surface area contributed by atoms with Crippen molar-refractivity contribution in [3.63, 3.8) is 0 Å². The van der Waals surface area contributed by atoms with Crippen LogP contribution < -0.4 is 5.32 Å². The molecule has 0 saturated heterocycles. The molecule has 4 nitrogen and oxygen atoms in total. The Morgan fingerprint density at radius 3 is 2.65 bits per heavy atom. The van der Waals surface area contributed by atoms with E-state index >= 15 is 0 Å². The van der Waals surface area contributed by atoms with Crippen molar-refractivity contribution >= 4 is 5.91 Å². The number of nitrogens with one attached hydrogen (secondary N) is 1. The number of aromatic nitrogens is 1. The van der Waals surface area contributed by atoms with Crippen LogP contribution in [-0.2, 0) is 6.54 Å². The van der Waals surface area contributed by atoms with Crippen molar-refractivity contribution in [3.05, 3.63) is 77.2 Å². The van der Waals surface area contributed by atoms with Crippen LogP contribution in [0.4, 0.5) is 0 Å². The molecule has 0 radical (unpaired) electrons. The van der Waals surface area contributed by atoms with E-state index in [1.807, 2.05) is 56.3 Å². The van der Waals surface area contributed by atoms with E-state index in [0.717, 1.165) is 22.6 Å². The summed E-state index contributed by atoms with van der Waals surface area (Å²) < 4.78 is 5.30. The minimum atomic E-state index is -0.0804. The molecule has 0 aliphatic rings. The van der Waals surface area contributed by atoms with Crippen LogP contribution in [-0.4, -0.2) is 10.9 Å². The maximum atomic E-state index is 12.2. The molecule has 0 saturated carbocycles. The lowest BCUT2D eigenvalue weighted by Gasteiger charge is -2.07. The molecule has 0 aliphatic carbocycles. The van der Waals surface area contributed by atoms with E-state index in [1.165, 1.54) is 5.56 Å². The number of hydrogen-bond acceptors (Lipinski definition) is 3. The van der Waals surface area contributed by atoms with Crippen molar-refractivity contribution in [1.82, 2.24) is 10.3 Å². The number of pyridine rings is 1. The van der Waals surface area contributed by atoms with Gasteiger partial charge in [0.1, 0.15) is 5.69 Å². The standard InChI is InChI=1S/C19H18N2O2/c1-13-5-7-16(10-14(13)2)19(22)21-12-15-6-8-17(20-11-15)18-4-3-9-23-18/h3-11H,12H2,1-2H3,(H,21,22). The minimum absolute atomic E-state index is 0.0804. The van der Waals surface area contributed by atoms with Crippen molar-refractivity contribution in [1.29, 1.82) is 0 Å². The first-order valence-corrected chi connectivity index (χ1v) is 7.48. The van der Waals surface area contributed by atoms with E-state index in [1.54, 1.807) is 12.5 Å². The molecule has 0 bridgehead atoms. The van der Waals surface area contributed by atoms with Crippen molar-refractivity contribution in [2.75, 3.05) is 0 Å². The van der Waals surface area contributed by atoms with E-state index in [9.17, 15) is 4.79 Å². The van der Waals surface area contributed by atoms with Gasteiger partial charge in [0.15, 0.2) is 5.76 Å². The highest BCUT2D eigenvalue weighted by Gasteiger charge is 2.07. The topological polar surface area (TPSA) is 55.1 Å². The number of benzene rings is 1. The average molecular weight is 306 g/mol. The van der Waals surface area contributed by atoms with Gasteiger partial charge in [-0.2, -0.15) is 0 Å². The summed E-state index contributed by atoms with van der Waals surface area (Å²) in [5.41, 5.74) is 4.69. The maximum absolute atomic E-state index is 12.2. The molecule has 2 aromatic heterocycles. The first kappa shape index (κ1) is 15.0. The van der Waals surface area contributed by atoms with Gasteiger partial charge in [-0.3, -0.25) is 9.78 Å². The smallest absolute Gasteiger partial charge is 0.251 e. The van der Waals surface area contributed by atoms with Crippen LogP contribution in [0.25, 0.3) is 11.5 Å². The second-order valence-electron chi connectivity index (χ2n) is 5.51. The quantitative estimate of drug-likeness (QED) is 0.795. The molecule has 4 heteroatoms. The fourth-order valence-electron chi connectivity index (χ4n) is 2.27. The lowest BCUT2D eigenvalue weighted by Crippen LogP contribution is -2.23. The lowest BCUT2D eigenvalue weighted by molar-refractivity contribution is 0.0951. The third-order valence-corrected chi connectivity index (χ3v) is 3.82. The first-order chi connectivity index (χ1) is 11.1. The number of carbonyl (C=O) groups excluding carboxylic acids is 1. The second-order valence-corrected chi connectivity index (χ2v) is 5.51. The summed E-state index contributed by atoms with van der Waals surface area (Å²) in [6.45, 7) is 4.48. The van der Waals surface area contributed by atoms with Gasteiger partial charge in [-0.15, -0.1) is 0 Å². The molecule has 3 aromatic rings. The Bertz CT molecular complexity index is 806. The predicted molar refractivity (Wildman–Crippen MR) is 89.0 cm³/mol. The number of aryl methyl sites for hydroxylation is 2. The van der Waals surface area contributed by atoms with Gasteiger partial charge in [-0.05, 0) is 60.9 Å². The maximum Gasteiger partial charge on any atom is 0.251 e. The number of hydrogen-bond donors (Lipinski definition) is 1. The number of carbonyl (C=O) groups is 1. The van der Waals surface area contributed by atoms with Crippen LogP contribution in [0.3, 0.4) is 0 Å². The van der Waals surface area contributed by atoms with Gasteiger partial charge < -0.3 is 9.73 Å². The number of nitrogens with zero attached hydrogens (tertiary/aromatic N) is 1. The van der Waals surface area contributed by atoms with Crippen LogP contribution in [0.1, 0.15) is 27.0 Å². The summed E-state index contributed by atoms with van der Waals surface area (Å²) in [5, 5.41) is 2.91. The molecule has 0 unspecified atom stereocenters. The van der Waals surface area contributed by atoms with Gasteiger partial charge in [-0.25, -0.2) is 0 Å².